The van der Waals surface area contributed by atoms with Gasteiger partial charge in [-0.25, -0.2) is 9.79 Å². The smallest absolute Gasteiger partial charge is 0.336 e. The minimum absolute atomic E-state index is 0.204. The van der Waals surface area contributed by atoms with Crippen molar-refractivity contribution in [3.63, 3.8) is 0 Å². The number of rotatable bonds is 8. The maximum atomic E-state index is 11.4. The number of nitrogens with zero attached hydrogens (tertiary/aromatic N) is 2. The van der Waals surface area contributed by atoms with Crippen LogP contribution in [0, 0.1) is 6.92 Å². The number of benzene rings is 1. The molecule has 1 aromatic carbocycles. The number of ether oxygens (including phenoxy) is 1. The van der Waals surface area contributed by atoms with Gasteiger partial charge in [0.25, 0.3) is 6.02 Å². The Morgan fingerprint density at radius 2 is 2.12 bits per heavy atom. The van der Waals surface area contributed by atoms with E-state index in [1.807, 2.05) is 31.5 Å². The molecule has 0 aliphatic carbocycles. The van der Waals surface area contributed by atoms with Crippen molar-refractivity contribution >= 4 is 23.6 Å². The van der Waals surface area contributed by atoms with Gasteiger partial charge < -0.3 is 20.1 Å². The van der Waals surface area contributed by atoms with Crippen molar-refractivity contribution in [1.82, 2.24) is 10.2 Å². The summed E-state index contributed by atoms with van der Waals surface area (Å²) in [7, 11) is 2.03. The molecule has 1 aromatic rings. The molecule has 6 nitrogen and oxygen atoms in total. The quantitative estimate of drug-likeness (QED) is 0.432. The van der Waals surface area contributed by atoms with Gasteiger partial charge in [0.1, 0.15) is 5.75 Å². The van der Waals surface area contributed by atoms with Crippen LogP contribution < -0.4 is 10.1 Å². The van der Waals surface area contributed by atoms with Crippen LogP contribution >= 0.6 is 11.6 Å². The third kappa shape index (κ3) is 8.94. The third-order valence-electron chi connectivity index (χ3n) is 5.23. The van der Waals surface area contributed by atoms with Crippen LogP contribution in [0.4, 0.5) is 0 Å². The van der Waals surface area contributed by atoms with Crippen molar-refractivity contribution in [3.05, 3.63) is 88.3 Å². The molecule has 34 heavy (non-hydrogen) atoms. The average molecular weight is 484 g/mol. The molecular formula is C27H34ClN3O3. The Morgan fingerprint density at radius 1 is 1.32 bits per heavy atom. The zero-order valence-electron chi connectivity index (χ0n) is 20.3. The summed E-state index contributed by atoms with van der Waals surface area (Å²) in [4.78, 5) is 17.9. The summed E-state index contributed by atoms with van der Waals surface area (Å²) < 4.78 is 5.79. The monoisotopic (exact) mass is 483 g/mol. The zero-order chi connectivity index (χ0) is 24.9. The number of carbonyl (C=O) groups is 1. The molecule has 1 heterocycles. The van der Waals surface area contributed by atoms with Crippen molar-refractivity contribution in [2.75, 3.05) is 20.1 Å². The van der Waals surface area contributed by atoms with Gasteiger partial charge in [0.15, 0.2) is 0 Å². The molecule has 0 radical (unpaired) electrons. The third-order valence-corrected chi connectivity index (χ3v) is 5.62. The largest absolute Gasteiger partial charge is 0.478 e. The lowest BCUT2D eigenvalue weighted by Crippen LogP contribution is -2.30. The lowest BCUT2D eigenvalue weighted by Gasteiger charge is -2.14. The average Bonchev–Trinajstić information content (AvgIpc) is 2.80. The van der Waals surface area contributed by atoms with Gasteiger partial charge in [0.05, 0.1) is 12.1 Å². The maximum absolute atomic E-state index is 11.4. The summed E-state index contributed by atoms with van der Waals surface area (Å²) in [6, 6.07) is 5.28. The van der Waals surface area contributed by atoms with Crippen LogP contribution in [0.15, 0.2) is 82.2 Å². The van der Waals surface area contributed by atoms with E-state index in [1.165, 1.54) is 11.8 Å². The Hall–Kier alpha value is -3.25. The summed E-state index contributed by atoms with van der Waals surface area (Å²) in [5.74, 6) is -0.571. The van der Waals surface area contributed by atoms with Gasteiger partial charge in [-0.1, -0.05) is 48.9 Å². The standard InChI is InChI=1S/C27H34ClN3O3/c1-5-10-21(3)31(4)18-8-6-7-11-22-12-9-16-29-27(30-17-15-25(22)28)34-23-14-13-20(2)24(19-23)26(32)33/h6-8,10,12-15,18-19H,5,9,11,16-17H2,1-4H3,(H,29,30)(H,32,33)/b7-6+,18-8-,21-10+,22-12-,25-15+. The highest BCUT2D eigenvalue weighted by Crippen LogP contribution is 2.21. The van der Waals surface area contributed by atoms with Crippen molar-refractivity contribution in [2.45, 2.75) is 40.0 Å². The number of hydrogen-bond acceptors (Lipinski definition) is 5. The van der Waals surface area contributed by atoms with E-state index in [-0.39, 0.29) is 5.56 Å². The van der Waals surface area contributed by atoms with Crippen molar-refractivity contribution in [2.24, 2.45) is 4.99 Å². The molecule has 2 rings (SSSR count). The Morgan fingerprint density at radius 3 is 2.85 bits per heavy atom. The lowest BCUT2D eigenvalue weighted by molar-refractivity contribution is 0.0695. The fourth-order valence-corrected chi connectivity index (χ4v) is 3.41. The summed E-state index contributed by atoms with van der Waals surface area (Å²) in [5, 5.41) is 13.2. The second-order valence-electron chi connectivity index (χ2n) is 7.87. The van der Waals surface area contributed by atoms with Gasteiger partial charge in [-0.15, -0.1) is 0 Å². The van der Waals surface area contributed by atoms with Gasteiger partial charge in [0, 0.05) is 30.5 Å². The normalized spacial score (nSPS) is 18.5. The molecule has 0 saturated carbocycles. The van der Waals surface area contributed by atoms with Crippen LogP contribution in [0.25, 0.3) is 0 Å². The van der Waals surface area contributed by atoms with E-state index in [1.54, 1.807) is 19.1 Å². The van der Waals surface area contributed by atoms with E-state index >= 15 is 0 Å². The lowest BCUT2D eigenvalue weighted by atomic mass is 10.1. The Labute approximate surface area is 207 Å². The number of aryl methyl sites for hydroxylation is 1. The van der Waals surface area contributed by atoms with Crippen LogP contribution in [0.5, 0.6) is 5.75 Å². The molecule has 182 valence electrons. The number of amidine groups is 1. The summed E-state index contributed by atoms with van der Waals surface area (Å²) in [5.41, 5.74) is 3.14. The maximum Gasteiger partial charge on any atom is 0.336 e. The zero-order valence-corrected chi connectivity index (χ0v) is 21.1. The Balaban J connectivity index is 1.99. The highest BCUT2D eigenvalue weighted by Gasteiger charge is 2.11. The number of aromatic carboxylic acids is 1. The first kappa shape index (κ1) is 27.0. The van der Waals surface area contributed by atoms with Gasteiger partial charge >= 0.3 is 5.97 Å². The molecule has 0 bridgehead atoms. The number of nitrogens with one attached hydrogen (secondary N) is 1. The van der Waals surface area contributed by atoms with E-state index in [0.717, 1.165) is 24.8 Å². The Kier molecular flexibility index (Phi) is 11.2. The molecule has 0 unspecified atom stereocenters. The van der Waals surface area contributed by atoms with Crippen molar-refractivity contribution < 1.29 is 14.6 Å². The summed E-state index contributed by atoms with van der Waals surface area (Å²) in [6.45, 7) is 6.92. The fourth-order valence-electron chi connectivity index (χ4n) is 3.18. The molecule has 0 fully saturated rings. The minimum atomic E-state index is -0.990. The number of hydrogen-bond donors (Lipinski definition) is 2. The number of carboxylic acids is 1. The van der Waals surface area contributed by atoms with Crippen molar-refractivity contribution in [1.29, 1.82) is 0 Å². The molecule has 0 spiro atoms. The first-order chi connectivity index (χ1) is 16.3. The predicted molar refractivity (Wildman–Crippen MR) is 140 cm³/mol. The van der Waals surface area contributed by atoms with Gasteiger partial charge in [-0.2, -0.15) is 0 Å². The molecule has 1 aliphatic rings. The summed E-state index contributed by atoms with van der Waals surface area (Å²) in [6.07, 6.45) is 16.8. The van der Waals surface area contributed by atoms with Crippen LogP contribution in [-0.2, 0) is 0 Å². The van der Waals surface area contributed by atoms with E-state index in [4.69, 9.17) is 16.3 Å². The molecule has 0 aromatic heterocycles. The van der Waals surface area contributed by atoms with Crippen LogP contribution in [-0.4, -0.2) is 42.1 Å². The topological polar surface area (TPSA) is 74.2 Å². The second kappa shape index (κ2) is 14.1. The fraction of sp³-hybridized carbons (Fsp3) is 0.333. The van der Waals surface area contributed by atoms with Crippen molar-refractivity contribution in [3.8, 4) is 5.75 Å². The number of carboxylic acid groups (broad SMARTS) is 1. The number of halogens is 1. The summed E-state index contributed by atoms with van der Waals surface area (Å²) >= 11 is 6.54. The molecule has 0 atom stereocenters. The molecule has 0 amide bonds. The molecule has 0 saturated heterocycles. The van der Waals surface area contributed by atoms with Gasteiger partial charge in [-0.3, -0.25) is 0 Å². The van der Waals surface area contributed by atoms with E-state index in [0.29, 0.717) is 35.5 Å². The second-order valence-corrected chi connectivity index (χ2v) is 8.27. The highest BCUT2D eigenvalue weighted by atomic mass is 35.5. The molecule has 1 aliphatic heterocycles. The minimum Gasteiger partial charge on any atom is -0.478 e. The highest BCUT2D eigenvalue weighted by molar-refractivity contribution is 6.32. The molecular weight excluding hydrogens is 450 g/mol. The first-order valence-corrected chi connectivity index (χ1v) is 11.8. The van der Waals surface area contributed by atoms with E-state index in [9.17, 15) is 9.90 Å². The number of allylic oxidation sites excluding steroid dienone is 7. The van der Waals surface area contributed by atoms with E-state index in [2.05, 4.69) is 47.3 Å². The van der Waals surface area contributed by atoms with Crippen LogP contribution in [0.2, 0.25) is 0 Å². The first-order valence-electron chi connectivity index (χ1n) is 11.4. The van der Waals surface area contributed by atoms with Gasteiger partial charge in [0.2, 0.25) is 0 Å². The Bertz CT molecular complexity index is 1040. The van der Waals surface area contributed by atoms with Gasteiger partial charge in [-0.05, 0) is 68.5 Å². The predicted octanol–water partition coefficient (Wildman–Crippen LogP) is 6.18. The molecule has 7 heteroatoms. The van der Waals surface area contributed by atoms with E-state index < -0.39 is 5.97 Å². The molecule has 2 N–H and O–H groups in total. The number of aliphatic imine (C=N–C) groups is 1. The van der Waals surface area contributed by atoms with Crippen LogP contribution in [0.3, 0.4) is 0 Å². The van der Waals surface area contributed by atoms with Crippen LogP contribution in [0.1, 0.15) is 49.0 Å². The SMILES string of the molecule is CC/C=C(\C)N(C)/C=C\C=C\CC1=C/CCNC(Oc2ccc(C)c(C(=O)O)c2)=NC/C=C\1Cl.